The molecule has 2 aromatic carbocycles. The number of aryl methyl sites for hydroxylation is 1. The lowest BCUT2D eigenvalue weighted by Crippen LogP contribution is -2.39. The van der Waals surface area contributed by atoms with Crippen molar-refractivity contribution in [2.24, 2.45) is 0 Å². The molecule has 25 heavy (non-hydrogen) atoms. The van der Waals surface area contributed by atoms with Crippen LogP contribution in [0, 0.1) is 12.7 Å². The summed E-state index contributed by atoms with van der Waals surface area (Å²) in [7, 11) is 0. The summed E-state index contributed by atoms with van der Waals surface area (Å²) in [4.78, 5) is 12.0. The average molecular weight is 345 g/mol. The van der Waals surface area contributed by atoms with E-state index >= 15 is 0 Å². The van der Waals surface area contributed by atoms with Crippen LogP contribution in [-0.2, 0) is 11.2 Å². The highest BCUT2D eigenvalue weighted by Gasteiger charge is 2.12. The van der Waals surface area contributed by atoms with E-state index in [0.717, 1.165) is 16.9 Å². The zero-order chi connectivity index (χ0) is 18.1. The Kier molecular flexibility index (Phi) is 7.41. The highest BCUT2D eigenvalue weighted by molar-refractivity contribution is 5.76. The number of amides is 1. The maximum Gasteiger partial charge on any atom is 0.220 e. The molecule has 0 saturated heterocycles. The van der Waals surface area contributed by atoms with Gasteiger partial charge in [0.1, 0.15) is 11.6 Å². The van der Waals surface area contributed by atoms with Crippen molar-refractivity contribution in [3.63, 3.8) is 0 Å². The molecule has 1 atom stereocenters. The fourth-order valence-corrected chi connectivity index (χ4v) is 2.50. The van der Waals surface area contributed by atoms with Crippen molar-refractivity contribution in [1.29, 1.82) is 0 Å². The van der Waals surface area contributed by atoms with Crippen LogP contribution in [0.5, 0.6) is 5.75 Å². The monoisotopic (exact) mass is 345 g/mol. The fraction of sp³-hybridized carbons (Fsp3) is 0.350. The van der Waals surface area contributed by atoms with Crippen LogP contribution in [0.2, 0.25) is 0 Å². The van der Waals surface area contributed by atoms with Gasteiger partial charge >= 0.3 is 0 Å². The lowest BCUT2D eigenvalue weighted by atomic mass is 10.1. The lowest BCUT2D eigenvalue weighted by molar-refractivity contribution is -0.122. The number of aliphatic hydroxyl groups is 1. The molecular weight excluding hydrogens is 321 g/mol. The molecule has 0 saturated carbocycles. The molecule has 4 nitrogen and oxygen atoms in total. The van der Waals surface area contributed by atoms with Crippen molar-refractivity contribution in [3.05, 3.63) is 65.5 Å². The molecule has 0 heterocycles. The van der Waals surface area contributed by atoms with Crippen molar-refractivity contribution >= 4 is 5.91 Å². The van der Waals surface area contributed by atoms with E-state index in [1.165, 1.54) is 12.1 Å². The van der Waals surface area contributed by atoms with Gasteiger partial charge in [-0.2, -0.15) is 0 Å². The van der Waals surface area contributed by atoms with Crippen LogP contribution in [0.25, 0.3) is 0 Å². The summed E-state index contributed by atoms with van der Waals surface area (Å²) >= 11 is 0. The second-order valence-corrected chi connectivity index (χ2v) is 6.00. The van der Waals surface area contributed by atoms with Gasteiger partial charge < -0.3 is 15.2 Å². The summed E-state index contributed by atoms with van der Waals surface area (Å²) in [5.74, 6) is 0.393. The number of nitrogens with one attached hydrogen (secondary N) is 1. The second kappa shape index (κ2) is 9.79. The van der Waals surface area contributed by atoms with Crippen LogP contribution in [-0.4, -0.2) is 30.3 Å². The van der Waals surface area contributed by atoms with Crippen LogP contribution in [0.1, 0.15) is 24.0 Å². The predicted octanol–water partition coefficient (Wildman–Crippen LogP) is 3.01. The number of para-hydroxylation sites is 1. The quantitative estimate of drug-likeness (QED) is 0.687. The first kappa shape index (κ1) is 18.9. The highest BCUT2D eigenvalue weighted by Crippen LogP contribution is 2.16. The van der Waals surface area contributed by atoms with Gasteiger partial charge in [0.05, 0.1) is 19.3 Å². The minimum absolute atomic E-state index is 0.130. The van der Waals surface area contributed by atoms with Gasteiger partial charge in [0.15, 0.2) is 0 Å². The molecule has 2 aromatic rings. The number of aliphatic hydroxyl groups excluding tert-OH is 1. The Morgan fingerprint density at radius 3 is 2.60 bits per heavy atom. The van der Waals surface area contributed by atoms with E-state index < -0.39 is 0 Å². The first-order chi connectivity index (χ1) is 12.1. The molecule has 0 fully saturated rings. The van der Waals surface area contributed by atoms with Crippen molar-refractivity contribution in [2.45, 2.75) is 32.2 Å². The molecule has 134 valence electrons. The third-order valence-electron chi connectivity index (χ3n) is 3.88. The minimum Gasteiger partial charge on any atom is -0.493 e. The smallest absolute Gasteiger partial charge is 0.220 e. The SMILES string of the molecule is Cc1ccccc1OCCCC(=O)N[C@@H](CO)Cc1ccc(F)cc1. The Hall–Kier alpha value is -2.40. The standard InChI is InChI=1S/C20H24FNO3/c1-15-5-2-3-6-19(15)25-12-4-7-20(24)22-18(14-23)13-16-8-10-17(21)11-9-16/h2-3,5-6,8-11,18,23H,4,7,12-14H2,1H3,(H,22,24)/t18-/m1/s1. The number of hydrogen-bond acceptors (Lipinski definition) is 3. The largest absolute Gasteiger partial charge is 0.493 e. The van der Waals surface area contributed by atoms with Crippen molar-refractivity contribution in [1.82, 2.24) is 5.32 Å². The first-order valence-electron chi connectivity index (χ1n) is 8.41. The van der Waals surface area contributed by atoms with Crippen LogP contribution >= 0.6 is 0 Å². The van der Waals surface area contributed by atoms with Gasteiger partial charge in [-0.25, -0.2) is 4.39 Å². The summed E-state index contributed by atoms with van der Waals surface area (Å²) in [5, 5.41) is 12.2. The zero-order valence-electron chi connectivity index (χ0n) is 14.4. The van der Waals surface area contributed by atoms with Gasteiger partial charge in [0, 0.05) is 6.42 Å². The van der Waals surface area contributed by atoms with E-state index in [0.29, 0.717) is 25.9 Å². The zero-order valence-corrected chi connectivity index (χ0v) is 14.4. The number of carbonyl (C=O) groups is 1. The Morgan fingerprint density at radius 1 is 1.20 bits per heavy atom. The van der Waals surface area contributed by atoms with Gasteiger partial charge in [0.2, 0.25) is 5.91 Å². The third-order valence-corrected chi connectivity index (χ3v) is 3.88. The molecule has 0 radical (unpaired) electrons. The Labute approximate surface area is 147 Å². The molecule has 0 unspecified atom stereocenters. The van der Waals surface area contributed by atoms with E-state index in [9.17, 15) is 14.3 Å². The summed E-state index contributed by atoms with van der Waals surface area (Å²) in [5.41, 5.74) is 1.93. The Bertz CT molecular complexity index is 673. The number of hydrogen-bond donors (Lipinski definition) is 2. The average Bonchev–Trinajstić information content (AvgIpc) is 2.61. The van der Waals surface area contributed by atoms with E-state index in [1.807, 2.05) is 31.2 Å². The lowest BCUT2D eigenvalue weighted by Gasteiger charge is -2.16. The third kappa shape index (κ3) is 6.55. The maximum absolute atomic E-state index is 12.9. The topological polar surface area (TPSA) is 58.6 Å². The van der Waals surface area contributed by atoms with E-state index in [2.05, 4.69) is 5.32 Å². The second-order valence-electron chi connectivity index (χ2n) is 6.00. The highest BCUT2D eigenvalue weighted by atomic mass is 19.1. The van der Waals surface area contributed by atoms with E-state index in [-0.39, 0.29) is 24.4 Å². The molecule has 2 N–H and O–H groups in total. The number of rotatable bonds is 9. The fourth-order valence-electron chi connectivity index (χ4n) is 2.50. The van der Waals surface area contributed by atoms with Gasteiger partial charge in [-0.1, -0.05) is 30.3 Å². The van der Waals surface area contributed by atoms with Crippen molar-refractivity contribution in [3.8, 4) is 5.75 Å². The summed E-state index contributed by atoms with van der Waals surface area (Å²) in [6, 6.07) is 13.4. The van der Waals surface area contributed by atoms with E-state index in [4.69, 9.17) is 4.74 Å². The van der Waals surface area contributed by atoms with Crippen LogP contribution in [0.4, 0.5) is 4.39 Å². The summed E-state index contributed by atoms with van der Waals surface area (Å²) in [6.07, 6.45) is 1.38. The molecule has 0 spiro atoms. The number of ether oxygens (including phenoxy) is 1. The molecule has 2 rings (SSSR count). The van der Waals surface area contributed by atoms with Crippen molar-refractivity contribution < 1.29 is 19.0 Å². The normalized spacial score (nSPS) is 11.8. The van der Waals surface area contributed by atoms with Crippen LogP contribution < -0.4 is 10.1 Å². The van der Waals surface area contributed by atoms with Crippen LogP contribution in [0.3, 0.4) is 0 Å². The van der Waals surface area contributed by atoms with Gasteiger partial charge in [-0.15, -0.1) is 0 Å². The van der Waals surface area contributed by atoms with Gasteiger partial charge in [0.25, 0.3) is 0 Å². The number of carbonyl (C=O) groups excluding carboxylic acids is 1. The molecule has 5 heteroatoms. The van der Waals surface area contributed by atoms with Gasteiger partial charge in [-0.05, 0) is 49.1 Å². The van der Waals surface area contributed by atoms with Crippen molar-refractivity contribution in [2.75, 3.05) is 13.2 Å². The number of halogens is 1. The number of benzene rings is 2. The molecule has 0 bridgehead atoms. The molecule has 0 aliphatic carbocycles. The first-order valence-corrected chi connectivity index (χ1v) is 8.41. The minimum atomic E-state index is -0.379. The Morgan fingerprint density at radius 2 is 1.92 bits per heavy atom. The maximum atomic E-state index is 12.9. The Balaban J connectivity index is 1.71. The van der Waals surface area contributed by atoms with Crippen LogP contribution in [0.15, 0.2) is 48.5 Å². The summed E-state index contributed by atoms with van der Waals surface area (Å²) < 4.78 is 18.6. The molecular formula is C20H24FNO3. The van der Waals surface area contributed by atoms with E-state index in [1.54, 1.807) is 12.1 Å². The summed E-state index contributed by atoms with van der Waals surface area (Å²) in [6.45, 7) is 2.27. The molecule has 0 aliphatic rings. The molecule has 0 aromatic heterocycles. The molecule has 1 amide bonds. The van der Waals surface area contributed by atoms with Gasteiger partial charge in [-0.3, -0.25) is 4.79 Å². The predicted molar refractivity (Wildman–Crippen MR) is 95.0 cm³/mol. The molecule has 0 aliphatic heterocycles.